The van der Waals surface area contributed by atoms with Crippen molar-refractivity contribution < 1.29 is 33.2 Å². The Labute approximate surface area is 132 Å². The van der Waals surface area contributed by atoms with E-state index in [1.807, 2.05) is 5.92 Å². The number of alkyl halides is 3. The number of rotatable bonds is 2. The number of aromatic hydroxyl groups is 1. The van der Waals surface area contributed by atoms with Crippen LogP contribution in [-0.4, -0.2) is 59.3 Å². The van der Waals surface area contributed by atoms with Gasteiger partial charge in [-0.05, 0) is 0 Å². The highest BCUT2D eigenvalue weighted by atomic mass is 19.4. The molecule has 0 unspecified atom stereocenters. The van der Waals surface area contributed by atoms with Crippen LogP contribution < -0.4 is 0 Å². The second-order valence-electron chi connectivity index (χ2n) is 5.23. The van der Waals surface area contributed by atoms with Crippen molar-refractivity contribution in [2.75, 3.05) is 6.61 Å². The van der Waals surface area contributed by atoms with Crippen LogP contribution in [0.1, 0.15) is 6.23 Å². The number of aromatic nitrogens is 4. The number of ether oxygens (including phenoxy) is 1. The van der Waals surface area contributed by atoms with Crippen LogP contribution >= 0.6 is 0 Å². The summed E-state index contributed by atoms with van der Waals surface area (Å²) >= 11 is 0. The van der Waals surface area contributed by atoms with Gasteiger partial charge in [-0.3, -0.25) is 4.57 Å². The Morgan fingerprint density at radius 3 is 2.67 bits per heavy atom. The summed E-state index contributed by atoms with van der Waals surface area (Å²) in [6.45, 7) is -1.01. The van der Waals surface area contributed by atoms with Crippen molar-refractivity contribution in [2.45, 2.75) is 24.1 Å². The first-order chi connectivity index (χ1) is 11.2. The minimum atomic E-state index is -4.89. The first-order valence-electron chi connectivity index (χ1n) is 6.63. The van der Waals surface area contributed by atoms with Crippen molar-refractivity contribution in [3.63, 3.8) is 0 Å². The molecule has 2 aromatic heterocycles. The second-order valence-corrected chi connectivity index (χ2v) is 5.23. The summed E-state index contributed by atoms with van der Waals surface area (Å²) in [5, 5.41) is 29.0. The molecule has 4 atom stereocenters. The maximum atomic E-state index is 13.4. The molecule has 0 aliphatic carbocycles. The average molecular weight is 344 g/mol. The largest absolute Gasteiger partial charge is 0.492 e. The molecule has 0 radical (unpaired) electrons. The van der Waals surface area contributed by atoms with Crippen molar-refractivity contribution in [1.29, 1.82) is 0 Å². The maximum Gasteiger partial charge on any atom is 0.398 e. The van der Waals surface area contributed by atoms with E-state index in [1.54, 1.807) is 0 Å². The molecule has 11 heteroatoms. The van der Waals surface area contributed by atoms with Gasteiger partial charge in [-0.1, -0.05) is 5.92 Å². The molecule has 0 spiro atoms. The zero-order chi connectivity index (χ0) is 17.7. The molecule has 1 fully saturated rings. The van der Waals surface area contributed by atoms with Crippen molar-refractivity contribution in [3.05, 3.63) is 12.7 Å². The first-order valence-corrected chi connectivity index (χ1v) is 6.63. The van der Waals surface area contributed by atoms with Gasteiger partial charge in [0.25, 0.3) is 0 Å². The molecule has 128 valence electrons. The molecule has 0 aromatic carbocycles. The minimum absolute atomic E-state index is 0.139. The van der Waals surface area contributed by atoms with E-state index in [4.69, 9.17) is 11.2 Å². The predicted octanol–water partition coefficient (Wildman–Crippen LogP) is -0.0356. The van der Waals surface area contributed by atoms with Gasteiger partial charge >= 0.3 is 6.18 Å². The third kappa shape index (κ3) is 2.19. The van der Waals surface area contributed by atoms with Crippen molar-refractivity contribution >= 4 is 11.2 Å². The summed E-state index contributed by atoms with van der Waals surface area (Å²) in [5.41, 5.74) is -2.50. The maximum absolute atomic E-state index is 13.4. The van der Waals surface area contributed by atoms with Crippen LogP contribution in [0.25, 0.3) is 11.2 Å². The van der Waals surface area contributed by atoms with Crippen molar-refractivity contribution in [1.82, 2.24) is 19.5 Å². The molecule has 0 bridgehead atoms. The van der Waals surface area contributed by atoms with Crippen LogP contribution in [0.3, 0.4) is 0 Å². The molecule has 8 nitrogen and oxygen atoms in total. The Hall–Kier alpha value is -2.42. The molecule has 0 amide bonds. The predicted molar refractivity (Wildman–Crippen MR) is 71.3 cm³/mol. The minimum Gasteiger partial charge on any atom is -0.492 e. The molecule has 0 saturated carbocycles. The zero-order valence-electron chi connectivity index (χ0n) is 11.8. The van der Waals surface area contributed by atoms with E-state index >= 15 is 0 Å². The van der Waals surface area contributed by atoms with Crippen LogP contribution in [-0.2, 0) is 4.74 Å². The molecule has 3 N–H and O–H groups in total. The second kappa shape index (κ2) is 5.30. The fourth-order valence-electron chi connectivity index (χ4n) is 2.70. The van der Waals surface area contributed by atoms with E-state index in [9.17, 15) is 28.5 Å². The third-order valence-electron chi connectivity index (χ3n) is 3.93. The van der Waals surface area contributed by atoms with Crippen LogP contribution in [0.15, 0.2) is 12.7 Å². The molecule has 24 heavy (non-hydrogen) atoms. The molecule has 1 saturated heterocycles. The Bertz CT molecular complexity index is 818. The summed E-state index contributed by atoms with van der Waals surface area (Å²) in [6.07, 6.45) is -1.85. The van der Waals surface area contributed by atoms with Gasteiger partial charge in [-0.25, -0.2) is 9.97 Å². The van der Waals surface area contributed by atoms with E-state index in [-0.39, 0.29) is 11.2 Å². The number of hydrogen-bond acceptors (Lipinski definition) is 7. The summed E-state index contributed by atoms with van der Waals surface area (Å²) < 4.78 is 46.4. The highest BCUT2D eigenvalue weighted by molar-refractivity contribution is 5.75. The van der Waals surface area contributed by atoms with Crippen molar-refractivity contribution in [2.24, 2.45) is 5.92 Å². The molecule has 1 aliphatic heterocycles. The summed E-state index contributed by atoms with van der Waals surface area (Å²) in [6, 6.07) is 0. The van der Waals surface area contributed by atoms with E-state index in [1.165, 1.54) is 0 Å². The van der Waals surface area contributed by atoms with Crippen LogP contribution in [0.4, 0.5) is 13.2 Å². The standard InChI is InChI=1S/C13H11F3N4O4/c1-2-12(3-21)8(22)6(13(14,15)16)11(24-12)20-5-19-7-9(20)17-4-18-10(7)23/h1,4-6,8,11,21-22H,3H2,(H,17,18,23)/t6-,8+,11-,12-/m1/s1. The fourth-order valence-corrected chi connectivity index (χ4v) is 2.70. The number of aliphatic hydroxyl groups excluding tert-OH is 2. The summed E-state index contributed by atoms with van der Waals surface area (Å²) in [7, 11) is 0. The number of aliphatic hydroxyl groups is 2. The third-order valence-corrected chi connectivity index (χ3v) is 3.93. The van der Waals surface area contributed by atoms with E-state index in [0.717, 1.165) is 17.2 Å². The Balaban J connectivity index is 2.17. The molecular weight excluding hydrogens is 333 g/mol. The smallest absolute Gasteiger partial charge is 0.398 e. The lowest BCUT2D eigenvalue weighted by atomic mass is 9.90. The normalized spacial score (nSPS) is 30.6. The number of terminal acetylenes is 1. The Morgan fingerprint density at radius 2 is 2.08 bits per heavy atom. The topological polar surface area (TPSA) is 114 Å². The van der Waals surface area contributed by atoms with Gasteiger partial charge in [-0.2, -0.15) is 18.2 Å². The number of fused-ring (bicyclic) bond motifs is 1. The van der Waals surface area contributed by atoms with Gasteiger partial charge in [0.15, 0.2) is 23.0 Å². The summed E-state index contributed by atoms with van der Waals surface area (Å²) in [4.78, 5) is 11.0. The number of imidazole rings is 1. The van der Waals surface area contributed by atoms with Crippen LogP contribution in [0.5, 0.6) is 5.88 Å². The lowest BCUT2D eigenvalue weighted by Crippen LogP contribution is -2.46. The van der Waals surface area contributed by atoms with Crippen LogP contribution in [0, 0.1) is 18.3 Å². The lowest BCUT2D eigenvalue weighted by molar-refractivity contribution is -0.210. The molecule has 3 rings (SSSR count). The number of halogens is 3. The van der Waals surface area contributed by atoms with E-state index in [0.29, 0.717) is 0 Å². The highest BCUT2D eigenvalue weighted by Crippen LogP contribution is 2.49. The lowest BCUT2D eigenvalue weighted by Gasteiger charge is -2.25. The molecular formula is C13H11F3N4O4. The fraction of sp³-hybridized carbons (Fsp3) is 0.462. The molecule has 3 heterocycles. The monoisotopic (exact) mass is 344 g/mol. The van der Waals surface area contributed by atoms with E-state index < -0.39 is 42.5 Å². The Kier molecular flexibility index (Phi) is 3.63. The Morgan fingerprint density at radius 1 is 1.38 bits per heavy atom. The van der Waals surface area contributed by atoms with Gasteiger partial charge in [-0.15, -0.1) is 6.42 Å². The van der Waals surface area contributed by atoms with Gasteiger partial charge in [0.05, 0.1) is 12.9 Å². The SMILES string of the molecule is C#C[C@]1(CO)O[C@@H](n2cnc3c(O)ncnc32)[C@H](C(F)(F)F)[C@@H]1O. The van der Waals surface area contributed by atoms with Gasteiger partial charge < -0.3 is 20.1 Å². The van der Waals surface area contributed by atoms with Crippen molar-refractivity contribution in [3.8, 4) is 18.2 Å². The number of hydrogen-bond donors (Lipinski definition) is 3. The van der Waals surface area contributed by atoms with Gasteiger partial charge in [0, 0.05) is 0 Å². The number of nitrogens with zero attached hydrogens (tertiary/aromatic N) is 4. The summed E-state index contributed by atoms with van der Waals surface area (Å²) in [5.74, 6) is -1.06. The average Bonchev–Trinajstić information content (AvgIpc) is 3.07. The first kappa shape index (κ1) is 16.4. The van der Waals surface area contributed by atoms with E-state index in [2.05, 4.69) is 15.0 Å². The van der Waals surface area contributed by atoms with Gasteiger partial charge in [0.2, 0.25) is 5.88 Å². The highest BCUT2D eigenvalue weighted by Gasteiger charge is 2.64. The van der Waals surface area contributed by atoms with Gasteiger partial charge in [0.1, 0.15) is 18.3 Å². The molecule has 2 aromatic rings. The zero-order valence-corrected chi connectivity index (χ0v) is 11.8. The molecule has 1 aliphatic rings. The van der Waals surface area contributed by atoms with Crippen LogP contribution in [0.2, 0.25) is 0 Å². The quantitative estimate of drug-likeness (QED) is 0.655.